The Morgan fingerprint density at radius 1 is 1.41 bits per heavy atom. The Hall–Kier alpha value is -1.14. The Bertz CT molecular complexity index is 387. The van der Waals surface area contributed by atoms with Gasteiger partial charge in [-0.25, -0.2) is 4.39 Å². The van der Waals surface area contributed by atoms with Gasteiger partial charge in [0.1, 0.15) is 11.9 Å². The summed E-state index contributed by atoms with van der Waals surface area (Å²) in [5, 5.41) is 0. The lowest BCUT2D eigenvalue weighted by molar-refractivity contribution is -0.224. The standard InChI is InChI=1S/C11H10F4O2/c12-8-3-1-2-7(4-8)10(11(13,14)15)17-6-9-5-16-9/h1-4,9-10H,5-6H2/t9-,10-/m0/s1. The van der Waals surface area contributed by atoms with Crippen molar-refractivity contribution in [1.29, 1.82) is 0 Å². The molecule has 2 nitrogen and oxygen atoms in total. The van der Waals surface area contributed by atoms with Crippen molar-refractivity contribution in [3.8, 4) is 0 Å². The molecule has 1 aromatic rings. The highest BCUT2D eigenvalue weighted by atomic mass is 19.4. The van der Waals surface area contributed by atoms with Gasteiger partial charge in [-0.15, -0.1) is 0 Å². The second-order valence-electron chi connectivity index (χ2n) is 3.77. The van der Waals surface area contributed by atoms with Gasteiger partial charge in [0.05, 0.1) is 13.2 Å². The molecule has 94 valence electrons. The van der Waals surface area contributed by atoms with E-state index >= 15 is 0 Å². The molecule has 17 heavy (non-hydrogen) atoms. The van der Waals surface area contributed by atoms with Crippen LogP contribution in [0.4, 0.5) is 17.6 Å². The highest BCUT2D eigenvalue weighted by molar-refractivity contribution is 5.20. The minimum Gasteiger partial charge on any atom is -0.371 e. The van der Waals surface area contributed by atoms with Gasteiger partial charge < -0.3 is 9.47 Å². The molecule has 0 amide bonds. The molecular weight excluding hydrogens is 240 g/mol. The summed E-state index contributed by atoms with van der Waals surface area (Å²) in [5.74, 6) is -0.719. The molecule has 6 heteroatoms. The summed E-state index contributed by atoms with van der Waals surface area (Å²) in [6.07, 6.45) is -6.95. The van der Waals surface area contributed by atoms with Gasteiger partial charge in [0, 0.05) is 0 Å². The normalized spacial score (nSPS) is 21.3. The van der Waals surface area contributed by atoms with E-state index in [1.807, 2.05) is 0 Å². The SMILES string of the molecule is Fc1cccc([C@H](OC[C@@H]2CO2)C(F)(F)F)c1. The lowest BCUT2D eigenvalue weighted by atomic mass is 10.1. The van der Waals surface area contributed by atoms with Gasteiger partial charge in [0.15, 0.2) is 6.10 Å². The van der Waals surface area contributed by atoms with E-state index < -0.39 is 18.1 Å². The molecule has 0 radical (unpaired) electrons. The number of alkyl halides is 3. The van der Waals surface area contributed by atoms with E-state index in [0.29, 0.717) is 6.61 Å². The van der Waals surface area contributed by atoms with E-state index in [4.69, 9.17) is 9.47 Å². The zero-order valence-corrected chi connectivity index (χ0v) is 8.71. The number of rotatable bonds is 4. The zero-order valence-electron chi connectivity index (χ0n) is 8.71. The van der Waals surface area contributed by atoms with Gasteiger partial charge in [-0.1, -0.05) is 12.1 Å². The van der Waals surface area contributed by atoms with Crippen LogP contribution in [0.2, 0.25) is 0 Å². The summed E-state index contributed by atoms with van der Waals surface area (Å²) >= 11 is 0. The van der Waals surface area contributed by atoms with Gasteiger partial charge in [0.25, 0.3) is 0 Å². The van der Waals surface area contributed by atoms with E-state index in [9.17, 15) is 17.6 Å². The number of hydrogen-bond donors (Lipinski definition) is 0. The third-order valence-corrected chi connectivity index (χ3v) is 2.30. The van der Waals surface area contributed by atoms with Crippen molar-refractivity contribution >= 4 is 0 Å². The van der Waals surface area contributed by atoms with E-state index in [0.717, 1.165) is 12.1 Å². The summed E-state index contributed by atoms with van der Waals surface area (Å²) in [4.78, 5) is 0. The summed E-state index contributed by atoms with van der Waals surface area (Å²) < 4.78 is 60.6. The fourth-order valence-corrected chi connectivity index (χ4v) is 1.42. The fraction of sp³-hybridized carbons (Fsp3) is 0.455. The van der Waals surface area contributed by atoms with Gasteiger partial charge in [-0.3, -0.25) is 0 Å². The van der Waals surface area contributed by atoms with Crippen molar-refractivity contribution in [1.82, 2.24) is 0 Å². The number of hydrogen-bond acceptors (Lipinski definition) is 2. The Labute approximate surface area is 95.1 Å². The van der Waals surface area contributed by atoms with Crippen molar-refractivity contribution in [2.75, 3.05) is 13.2 Å². The maximum atomic E-state index is 12.9. The van der Waals surface area contributed by atoms with Crippen molar-refractivity contribution in [2.45, 2.75) is 18.4 Å². The average molecular weight is 250 g/mol. The maximum absolute atomic E-state index is 12.9. The lowest BCUT2D eigenvalue weighted by Crippen LogP contribution is -2.25. The molecule has 2 rings (SSSR count). The summed E-state index contributed by atoms with van der Waals surface area (Å²) in [6, 6.07) is 4.32. The van der Waals surface area contributed by atoms with E-state index in [-0.39, 0.29) is 18.3 Å². The van der Waals surface area contributed by atoms with Crippen molar-refractivity contribution in [3.63, 3.8) is 0 Å². The zero-order chi connectivity index (χ0) is 12.5. The first-order chi connectivity index (χ1) is 7.97. The van der Waals surface area contributed by atoms with Crippen LogP contribution in [0, 0.1) is 5.82 Å². The molecule has 0 N–H and O–H groups in total. The van der Waals surface area contributed by atoms with Crippen LogP contribution < -0.4 is 0 Å². The van der Waals surface area contributed by atoms with Crippen LogP contribution in [0.15, 0.2) is 24.3 Å². The Balaban J connectivity index is 2.13. The molecule has 1 saturated heterocycles. The fourth-order valence-electron chi connectivity index (χ4n) is 1.42. The molecule has 0 unspecified atom stereocenters. The van der Waals surface area contributed by atoms with Crippen LogP contribution >= 0.6 is 0 Å². The van der Waals surface area contributed by atoms with Crippen molar-refractivity contribution < 1.29 is 27.0 Å². The predicted octanol–water partition coefficient (Wildman–Crippen LogP) is 2.84. The second kappa shape index (κ2) is 4.62. The molecule has 1 aromatic carbocycles. The summed E-state index contributed by atoms with van der Waals surface area (Å²) in [5.41, 5.74) is -0.238. The second-order valence-corrected chi connectivity index (χ2v) is 3.77. The number of epoxide rings is 1. The van der Waals surface area contributed by atoms with Crippen LogP contribution in [0.25, 0.3) is 0 Å². The van der Waals surface area contributed by atoms with Crippen LogP contribution in [0.1, 0.15) is 11.7 Å². The third-order valence-electron chi connectivity index (χ3n) is 2.30. The van der Waals surface area contributed by atoms with Crippen LogP contribution in [0.3, 0.4) is 0 Å². The van der Waals surface area contributed by atoms with Crippen molar-refractivity contribution in [2.24, 2.45) is 0 Å². The molecular formula is C11H10F4O2. The smallest absolute Gasteiger partial charge is 0.371 e. The first kappa shape index (κ1) is 12.3. The van der Waals surface area contributed by atoms with Gasteiger partial charge in [0.2, 0.25) is 0 Å². The molecule has 0 aliphatic carbocycles. The molecule has 0 bridgehead atoms. The topological polar surface area (TPSA) is 21.8 Å². The molecule has 1 aliphatic heterocycles. The van der Waals surface area contributed by atoms with E-state index in [1.54, 1.807) is 0 Å². The van der Waals surface area contributed by atoms with E-state index in [2.05, 4.69) is 0 Å². The predicted molar refractivity (Wildman–Crippen MR) is 50.9 cm³/mol. The average Bonchev–Trinajstić information content (AvgIpc) is 3.00. The Morgan fingerprint density at radius 3 is 2.65 bits per heavy atom. The number of halogens is 4. The highest BCUT2D eigenvalue weighted by Gasteiger charge is 2.43. The van der Waals surface area contributed by atoms with Crippen LogP contribution in [0.5, 0.6) is 0 Å². The molecule has 0 spiro atoms. The quantitative estimate of drug-likeness (QED) is 0.605. The minimum absolute atomic E-state index is 0.138. The third kappa shape index (κ3) is 3.41. The molecule has 0 aromatic heterocycles. The first-order valence-corrected chi connectivity index (χ1v) is 5.02. The van der Waals surface area contributed by atoms with Crippen LogP contribution in [-0.2, 0) is 9.47 Å². The number of ether oxygens (including phenoxy) is 2. The molecule has 1 heterocycles. The molecule has 0 saturated carbocycles. The van der Waals surface area contributed by atoms with Crippen LogP contribution in [-0.4, -0.2) is 25.5 Å². The van der Waals surface area contributed by atoms with Gasteiger partial charge in [-0.2, -0.15) is 13.2 Å². The van der Waals surface area contributed by atoms with E-state index in [1.165, 1.54) is 12.1 Å². The van der Waals surface area contributed by atoms with Crippen molar-refractivity contribution in [3.05, 3.63) is 35.6 Å². The maximum Gasteiger partial charge on any atom is 0.418 e. The Kier molecular flexibility index (Phi) is 3.35. The molecule has 2 atom stereocenters. The first-order valence-electron chi connectivity index (χ1n) is 5.02. The molecule has 1 fully saturated rings. The molecule has 1 aliphatic rings. The number of benzene rings is 1. The van der Waals surface area contributed by atoms with Gasteiger partial charge >= 0.3 is 6.18 Å². The monoisotopic (exact) mass is 250 g/mol. The summed E-state index contributed by atoms with van der Waals surface area (Å²) in [7, 11) is 0. The largest absolute Gasteiger partial charge is 0.418 e. The lowest BCUT2D eigenvalue weighted by Gasteiger charge is -2.20. The highest BCUT2D eigenvalue weighted by Crippen LogP contribution is 2.36. The summed E-state index contributed by atoms with van der Waals surface area (Å²) in [6.45, 7) is 0.272. The Morgan fingerprint density at radius 2 is 2.12 bits per heavy atom. The van der Waals surface area contributed by atoms with Gasteiger partial charge in [-0.05, 0) is 17.7 Å². The minimum atomic E-state index is -4.57.